The number of hydrogen-bond donors (Lipinski definition) is 1. The normalized spacial score (nSPS) is 20.5. The maximum atomic E-state index is 11.4. The first-order valence-electron chi connectivity index (χ1n) is 5.93. The van der Waals surface area contributed by atoms with Gasteiger partial charge in [0.15, 0.2) is 5.75 Å². The summed E-state index contributed by atoms with van der Waals surface area (Å²) in [4.78, 5) is 21.9. The number of esters is 1. The summed E-state index contributed by atoms with van der Waals surface area (Å²) in [5.74, 6) is -0.170. The molecule has 1 fully saturated rings. The first kappa shape index (κ1) is 17.7. The first-order chi connectivity index (χ1) is 9.51. The lowest BCUT2D eigenvalue weighted by atomic mass is 10.2. The summed E-state index contributed by atoms with van der Waals surface area (Å²) >= 11 is 3.18. The molecule has 1 aromatic carbocycles. The molecule has 2 atom stereocenters. The van der Waals surface area contributed by atoms with Gasteiger partial charge in [0, 0.05) is 23.5 Å². The van der Waals surface area contributed by atoms with Crippen molar-refractivity contribution >= 4 is 40.0 Å². The van der Waals surface area contributed by atoms with Gasteiger partial charge in [0.25, 0.3) is 0 Å². The van der Waals surface area contributed by atoms with E-state index >= 15 is 0 Å². The standard InChI is InChI=1S/C12H13BrN2O5.ClH/c1-19-12(16)9-5-8(6-14-9)20-11-3-2-7(13)4-10(11)15(17)18;/h2-4,8-9,14H,5-6H2,1H3;1H/t8-,9+;/m1./s1. The number of nitro groups is 1. The highest BCUT2D eigenvalue weighted by molar-refractivity contribution is 9.10. The molecule has 0 aromatic heterocycles. The Morgan fingerprint density at radius 1 is 1.52 bits per heavy atom. The second kappa shape index (κ2) is 7.58. The molecule has 1 saturated heterocycles. The number of ether oxygens (including phenoxy) is 2. The monoisotopic (exact) mass is 380 g/mol. The molecule has 0 bridgehead atoms. The molecule has 0 radical (unpaired) electrons. The Morgan fingerprint density at radius 2 is 2.24 bits per heavy atom. The van der Waals surface area contributed by atoms with Crippen LogP contribution in [0.1, 0.15) is 6.42 Å². The van der Waals surface area contributed by atoms with Gasteiger partial charge in [0.05, 0.1) is 12.0 Å². The maximum absolute atomic E-state index is 11.4. The van der Waals surface area contributed by atoms with Gasteiger partial charge in [-0.05, 0) is 12.1 Å². The maximum Gasteiger partial charge on any atom is 0.323 e. The fraction of sp³-hybridized carbons (Fsp3) is 0.417. The summed E-state index contributed by atoms with van der Waals surface area (Å²) < 4.78 is 10.9. The summed E-state index contributed by atoms with van der Waals surface area (Å²) in [6.07, 6.45) is 0.110. The van der Waals surface area contributed by atoms with E-state index in [0.29, 0.717) is 17.4 Å². The molecule has 1 heterocycles. The van der Waals surface area contributed by atoms with Crippen molar-refractivity contribution in [3.05, 3.63) is 32.8 Å². The van der Waals surface area contributed by atoms with Crippen molar-refractivity contribution in [2.75, 3.05) is 13.7 Å². The SMILES string of the molecule is COC(=O)[C@@H]1C[C@@H](Oc2ccc(Br)cc2[N+](=O)[O-])CN1.Cl. The minimum Gasteiger partial charge on any atom is -0.482 e. The average molecular weight is 382 g/mol. The highest BCUT2D eigenvalue weighted by atomic mass is 79.9. The molecule has 116 valence electrons. The minimum atomic E-state index is -0.500. The topological polar surface area (TPSA) is 90.7 Å². The van der Waals surface area contributed by atoms with Crippen molar-refractivity contribution in [2.24, 2.45) is 0 Å². The van der Waals surface area contributed by atoms with E-state index < -0.39 is 11.0 Å². The van der Waals surface area contributed by atoms with Crippen LogP contribution in [0.2, 0.25) is 0 Å². The Hall–Kier alpha value is -1.38. The number of nitro benzene ring substituents is 1. The summed E-state index contributed by atoms with van der Waals surface area (Å²) in [6.45, 7) is 0.437. The number of carbonyl (C=O) groups excluding carboxylic acids is 1. The van der Waals surface area contributed by atoms with Crippen LogP contribution in [-0.2, 0) is 9.53 Å². The van der Waals surface area contributed by atoms with Gasteiger partial charge in [-0.15, -0.1) is 12.4 Å². The van der Waals surface area contributed by atoms with Crippen molar-refractivity contribution in [3.8, 4) is 5.75 Å². The molecule has 1 aromatic rings. The largest absolute Gasteiger partial charge is 0.482 e. The van der Waals surface area contributed by atoms with Crippen LogP contribution < -0.4 is 10.1 Å². The molecule has 0 amide bonds. The number of benzene rings is 1. The minimum absolute atomic E-state index is 0. The highest BCUT2D eigenvalue weighted by Crippen LogP contribution is 2.31. The second-order valence-corrected chi connectivity index (χ2v) is 5.24. The van der Waals surface area contributed by atoms with Gasteiger partial charge in [-0.2, -0.15) is 0 Å². The van der Waals surface area contributed by atoms with Crippen LogP contribution in [0.25, 0.3) is 0 Å². The first-order valence-corrected chi connectivity index (χ1v) is 6.72. The fourth-order valence-corrected chi connectivity index (χ4v) is 2.38. The van der Waals surface area contributed by atoms with Crippen LogP contribution in [-0.4, -0.2) is 36.7 Å². The number of hydrogen-bond acceptors (Lipinski definition) is 6. The lowest BCUT2D eigenvalue weighted by molar-refractivity contribution is -0.386. The Bertz CT molecular complexity index is 542. The van der Waals surface area contributed by atoms with Gasteiger partial charge in [0.2, 0.25) is 0 Å². The van der Waals surface area contributed by atoms with Crippen molar-refractivity contribution in [1.29, 1.82) is 0 Å². The van der Waals surface area contributed by atoms with Gasteiger partial charge in [0.1, 0.15) is 12.1 Å². The number of carbonyl (C=O) groups is 1. The third-order valence-electron chi connectivity index (χ3n) is 2.99. The predicted molar refractivity (Wildman–Crippen MR) is 80.9 cm³/mol. The third-order valence-corrected chi connectivity index (χ3v) is 3.48. The molecule has 1 N–H and O–H groups in total. The second-order valence-electron chi connectivity index (χ2n) is 4.33. The molecule has 21 heavy (non-hydrogen) atoms. The van der Waals surface area contributed by atoms with E-state index in [4.69, 9.17) is 4.74 Å². The molecule has 7 nitrogen and oxygen atoms in total. The average Bonchev–Trinajstić information content (AvgIpc) is 2.88. The van der Waals surface area contributed by atoms with Crippen LogP contribution in [0.15, 0.2) is 22.7 Å². The number of methoxy groups -OCH3 is 1. The molecule has 0 spiro atoms. The van der Waals surface area contributed by atoms with Crippen LogP contribution in [0.4, 0.5) is 5.69 Å². The van der Waals surface area contributed by atoms with Crippen LogP contribution in [0.3, 0.4) is 0 Å². The zero-order valence-electron chi connectivity index (χ0n) is 11.1. The molecule has 9 heteroatoms. The van der Waals surface area contributed by atoms with Crippen LogP contribution in [0, 0.1) is 10.1 Å². The number of halogens is 2. The number of nitrogens with zero attached hydrogens (tertiary/aromatic N) is 1. The van der Waals surface area contributed by atoms with Crippen LogP contribution >= 0.6 is 28.3 Å². The summed E-state index contributed by atoms with van der Waals surface area (Å²) in [7, 11) is 1.32. The fourth-order valence-electron chi connectivity index (χ4n) is 2.03. The van der Waals surface area contributed by atoms with E-state index in [-0.39, 0.29) is 35.9 Å². The van der Waals surface area contributed by atoms with Crippen molar-refractivity contribution in [3.63, 3.8) is 0 Å². The number of rotatable bonds is 4. The van der Waals surface area contributed by atoms with Crippen molar-refractivity contribution in [2.45, 2.75) is 18.6 Å². The molecule has 1 aliphatic rings. The Kier molecular flexibility index (Phi) is 6.38. The summed E-state index contributed by atoms with van der Waals surface area (Å²) in [5.41, 5.74) is -0.110. The van der Waals surface area contributed by atoms with Gasteiger partial charge in [-0.3, -0.25) is 14.9 Å². The Labute approximate surface area is 135 Å². The third kappa shape index (κ3) is 4.29. The lowest BCUT2D eigenvalue weighted by Gasteiger charge is -2.13. The molecule has 0 unspecified atom stereocenters. The van der Waals surface area contributed by atoms with Gasteiger partial charge < -0.3 is 14.8 Å². The van der Waals surface area contributed by atoms with Gasteiger partial charge in [-0.25, -0.2) is 0 Å². The van der Waals surface area contributed by atoms with E-state index in [1.54, 1.807) is 6.07 Å². The van der Waals surface area contributed by atoms with Gasteiger partial charge in [-0.1, -0.05) is 15.9 Å². The predicted octanol–water partition coefficient (Wildman–Crippen LogP) is 2.06. The lowest BCUT2D eigenvalue weighted by Crippen LogP contribution is -2.31. The van der Waals surface area contributed by atoms with E-state index in [2.05, 4.69) is 26.0 Å². The highest BCUT2D eigenvalue weighted by Gasteiger charge is 2.32. The Morgan fingerprint density at radius 3 is 2.86 bits per heavy atom. The molecule has 0 saturated carbocycles. The summed E-state index contributed by atoms with van der Waals surface area (Å²) in [5, 5.41) is 13.9. The zero-order chi connectivity index (χ0) is 14.7. The van der Waals surface area contributed by atoms with E-state index in [0.717, 1.165) is 0 Å². The quantitative estimate of drug-likeness (QED) is 0.488. The molecular formula is C12H14BrClN2O5. The van der Waals surface area contributed by atoms with E-state index in [9.17, 15) is 14.9 Å². The van der Waals surface area contributed by atoms with E-state index in [1.807, 2.05) is 0 Å². The van der Waals surface area contributed by atoms with Crippen molar-refractivity contribution < 1.29 is 19.2 Å². The summed E-state index contributed by atoms with van der Waals surface area (Å²) in [6, 6.07) is 4.16. The Balaban J connectivity index is 0.00000220. The molecule has 0 aliphatic carbocycles. The molecular weight excluding hydrogens is 367 g/mol. The smallest absolute Gasteiger partial charge is 0.323 e. The van der Waals surface area contributed by atoms with Crippen molar-refractivity contribution in [1.82, 2.24) is 5.32 Å². The zero-order valence-corrected chi connectivity index (χ0v) is 13.5. The van der Waals surface area contributed by atoms with Gasteiger partial charge >= 0.3 is 11.7 Å². The van der Waals surface area contributed by atoms with Crippen LogP contribution in [0.5, 0.6) is 5.75 Å². The molecule has 2 rings (SSSR count). The molecule has 1 aliphatic heterocycles. The van der Waals surface area contributed by atoms with E-state index in [1.165, 1.54) is 19.2 Å². The number of nitrogens with one attached hydrogen (secondary N) is 1.